The monoisotopic (exact) mass is 285 g/mol. The average molecular weight is 285 g/mol. The van der Waals surface area contributed by atoms with E-state index >= 15 is 0 Å². The smallest absolute Gasteiger partial charge is 0.156 e. The molecular weight excluding hydrogens is 262 g/mol. The fourth-order valence-electron chi connectivity index (χ4n) is 2.95. The molecule has 0 amide bonds. The van der Waals surface area contributed by atoms with Gasteiger partial charge in [-0.3, -0.25) is 0 Å². The second kappa shape index (κ2) is 7.31. The predicted molar refractivity (Wildman–Crippen MR) is 82.4 cm³/mol. The van der Waals surface area contributed by atoms with Crippen LogP contribution in [0.2, 0.25) is 0 Å². The van der Waals surface area contributed by atoms with Gasteiger partial charge in [0.2, 0.25) is 0 Å². The quantitative estimate of drug-likeness (QED) is 0.846. The number of likely N-dealkylation sites (tertiary alicyclic amines) is 1. The Bertz CT molecular complexity index is 529. The molecule has 1 fully saturated rings. The van der Waals surface area contributed by atoms with Crippen LogP contribution in [-0.2, 0) is 6.42 Å². The van der Waals surface area contributed by atoms with Gasteiger partial charge in [-0.05, 0) is 61.5 Å². The highest BCUT2D eigenvalue weighted by atomic mass is 15.5. The molecule has 5 nitrogen and oxygen atoms in total. The van der Waals surface area contributed by atoms with Gasteiger partial charge in [-0.2, -0.15) is 4.68 Å². The standard InChI is InChI=1S/C16H23N5/c1-2-7-13-20(12-6-1)14-8-11-16-17-18-19-21(16)15-9-4-3-5-10-15/h3-5,9-10H,1-2,6-8,11-14H2. The van der Waals surface area contributed by atoms with E-state index in [4.69, 9.17) is 0 Å². The number of hydrogen-bond donors (Lipinski definition) is 0. The van der Waals surface area contributed by atoms with Gasteiger partial charge in [0, 0.05) is 6.42 Å². The first-order valence-electron chi connectivity index (χ1n) is 7.98. The number of nitrogens with zero attached hydrogens (tertiary/aromatic N) is 5. The van der Waals surface area contributed by atoms with Gasteiger partial charge in [-0.1, -0.05) is 31.0 Å². The van der Waals surface area contributed by atoms with Crippen molar-refractivity contribution in [2.75, 3.05) is 19.6 Å². The Morgan fingerprint density at radius 3 is 2.48 bits per heavy atom. The number of para-hydroxylation sites is 1. The van der Waals surface area contributed by atoms with E-state index in [0.717, 1.165) is 30.9 Å². The second-order valence-corrected chi connectivity index (χ2v) is 5.70. The molecule has 1 aliphatic heterocycles. The molecule has 0 aliphatic carbocycles. The fraction of sp³-hybridized carbons (Fsp3) is 0.562. The van der Waals surface area contributed by atoms with Gasteiger partial charge in [0.15, 0.2) is 5.82 Å². The molecule has 3 rings (SSSR count). The van der Waals surface area contributed by atoms with Crippen molar-refractivity contribution in [2.24, 2.45) is 0 Å². The summed E-state index contributed by atoms with van der Waals surface area (Å²) in [6.45, 7) is 3.66. The zero-order valence-corrected chi connectivity index (χ0v) is 12.5. The molecule has 21 heavy (non-hydrogen) atoms. The molecule has 2 heterocycles. The molecule has 0 saturated carbocycles. The van der Waals surface area contributed by atoms with Gasteiger partial charge in [0.05, 0.1) is 5.69 Å². The van der Waals surface area contributed by atoms with Crippen LogP contribution in [0.3, 0.4) is 0 Å². The molecule has 1 aromatic heterocycles. The number of hydrogen-bond acceptors (Lipinski definition) is 4. The lowest BCUT2D eigenvalue weighted by atomic mass is 10.2. The van der Waals surface area contributed by atoms with Gasteiger partial charge >= 0.3 is 0 Å². The third-order valence-electron chi connectivity index (χ3n) is 4.11. The maximum atomic E-state index is 4.18. The van der Waals surface area contributed by atoms with Crippen LogP contribution < -0.4 is 0 Å². The van der Waals surface area contributed by atoms with Crippen molar-refractivity contribution in [3.63, 3.8) is 0 Å². The zero-order chi connectivity index (χ0) is 14.3. The number of tetrazole rings is 1. The third-order valence-corrected chi connectivity index (χ3v) is 4.11. The topological polar surface area (TPSA) is 46.8 Å². The molecule has 0 spiro atoms. The van der Waals surface area contributed by atoms with Crippen LogP contribution in [-0.4, -0.2) is 44.7 Å². The van der Waals surface area contributed by atoms with Crippen molar-refractivity contribution in [2.45, 2.75) is 38.5 Å². The van der Waals surface area contributed by atoms with Gasteiger partial charge < -0.3 is 4.90 Å². The summed E-state index contributed by atoms with van der Waals surface area (Å²) in [4.78, 5) is 2.59. The molecule has 5 heteroatoms. The Morgan fingerprint density at radius 1 is 0.952 bits per heavy atom. The molecule has 0 bridgehead atoms. The highest BCUT2D eigenvalue weighted by Crippen LogP contribution is 2.12. The predicted octanol–water partition coefficient (Wildman–Crippen LogP) is 2.47. The molecule has 0 atom stereocenters. The van der Waals surface area contributed by atoms with Crippen molar-refractivity contribution in [1.82, 2.24) is 25.1 Å². The molecule has 1 aliphatic rings. The van der Waals surface area contributed by atoms with E-state index in [2.05, 4.69) is 20.4 Å². The third kappa shape index (κ3) is 3.88. The van der Waals surface area contributed by atoms with E-state index in [0.29, 0.717) is 0 Å². The number of benzene rings is 1. The van der Waals surface area contributed by atoms with Crippen LogP contribution in [0.5, 0.6) is 0 Å². The van der Waals surface area contributed by atoms with Gasteiger partial charge in [-0.25, -0.2) is 0 Å². The van der Waals surface area contributed by atoms with Crippen LogP contribution in [0.25, 0.3) is 5.69 Å². The number of rotatable bonds is 5. The molecule has 0 radical (unpaired) electrons. The summed E-state index contributed by atoms with van der Waals surface area (Å²) in [6, 6.07) is 10.1. The maximum Gasteiger partial charge on any atom is 0.156 e. The Balaban J connectivity index is 1.55. The summed E-state index contributed by atoms with van der Waals surface area (Å²) in [5.74, 6) is 0.955. The van der Waals surface area contributed by atoms with Crippen LogP contribution in [0.1, 0.15) is 37.9 Å². The second-order valence-electron chi connectivity index (χ2n) is 5.70. The van der Waals surface area contributed by atoms with E-state index in [1.165, 1.54) is 38.8 Å². The molecule has 0 N–H and O–H groups in total. The maximum absolute atomic E-state index is 4.18. The molecular formula is C16H23N5. The van der Waals surface area contributed by atoms with Crippen LogP contribution in [0.4, 0.5) is 0 Å². The number of aryl methyl sites for hydroxylation is 1. The van der Waals surface area contributed by atoms with Gasteiger partial charge in [0.25, 0.3) is 0 Å². The lowest BCUT2D eigenvalue weighted by Crippen LogP contribution is -2.26. The van der Waals surface area contributed by atoms with Gasteiger partial charge in [-0.15, -0.1) is 5.10 Å². The van der Waals surface area contributed by atoms with Crippen molar-refractivity contribution in [1.29, 1.82) is 0 Å². The normalized spacial score (nSPS) is 16.8. The summed E-state index contributed by atoms with van der Waals surface area (Å²) < 4.78 is 1.85. The molecule has 1 saturated heterocycles. The first-order valence-corrected chi connectivity index (χ1v) is 7.98. The first-order chi connectivity index (χ1) is 10.4. The largest absolute Gasteiger partial charge is 0.303 e. The zero-order valence-electron chi connectivity index (χ0n) is 12.5. The van der Waals surface area contributed by atoms with E-state index < -0.39 is 0 Å². The minimum absolute atomic E-state index is 0.929. The van der Waals surface area contributed by atoms with E-state index in [9.17, 15) is 0 Å². The van der Waals surface area contributed by atoms with Crippen molar-refractivity contribution in [3.05, 3.63) is 36.2 Å². The molecule has 1 aromatic carbocycles. The van der Waals surface area contributed by atoms with E-state index in [1.54, 1.807) is 0 Å². The minimum atomic E-state index is 0.929. The lowest BCUT2D eigenvalue weighted by Gasteiger charge is -2.19. The summed E-state index contributed by atoms with van der Waals surface area (Å²) in [7, 11) is 0. The summed E-state index contributed by atoms with van der Waals surface area (Å²) in [5.41, 5.74) is 1.03. The lowest BCUT2D eigenvalue weighted by molar-refractivity contribution is 0.281. The van der Waals surface area contributed by atoms with Crippen LogP contribution >= 0.6 is 0 Å². The SMILES string of the molecule is c1ccc(-n2nnnc2CCCN2CCCCCC2)cc1. The fourth-order valence-corrected chi connectivity index (χ4v) is 2.95. The minimum Gasteiger partial charge on any atom is -0.303 e. The van der Waals surface area contributed by atoms with Crippen molar-refractivity contribution >= 4 is 0 Å². The number of aromatic nitrogens is 4. The van der Waals surface area contributed by atoms with Crippen molar-refractivity contribution < 1.29 is 0 Å². The summed E-state index contributed by atoms with van der Waals surface area (Å²) >= 11 is 0. The van der Waals surface area contributed by atoms with Crippen LogP contribution in [0, 0.1) is 0 Å². The molecule has 0 unspecified atom stereocenters. The van der Waals surface area contributed by atoms with Gasteiger partial charge in [0.1, 0.15) is 0 Å². The summed E-state index contributed by atoms with van der Waals surface area (Å²) in [6.07, 6.45) is 7.53. The molecule has 112 valence electrons. The van der Waals surface area contributed by atoms with E-state index in [-0.39, 0.29) is 0 Å². The Hall–Kier alpha value is -1.75. The molecule has 2 aromatic rings. The van der Waals surface area contributed by atoms with E-state index in [1.807, 2.05) is 35.0 Å². The first kappa shape index (κ1) is 14.2. The summed E-state index contributed by atoms with van der Waals surface area (Å²) in [5, 5.41) is 12.1. The Labute approximate surface area is 126 Å². The Morgan fingerprint density at radius 2 is 1.71 bits per heavy atom. The Kier molecular flexibility index (Phi) is 4.94. The highest BCUT2D eigenvalue weighted by molar-refractivity contribution is 5.30. The van der Waals surface area contributed by atoms with Crippen molar-refractivity contribution in [3.8, 4) is 5.69 Å². The van der Waals surface area contributed by atoms with Crippen LogP contribution in [0.15, 0.2) is 30.3 Å². The highest BCUT2D eigenvalue weighted by Gasteiger charge is 2.11. The average Bonchev–Trinajstić information content (AvgIpc) is 2.84.